The molecule has 0 radical (unpaired) electrons. The monoisotopic (exact) mass is 261 g/mol. The molecule has 1 nitrogen and oxygen atoms in total. The van der Waals surface area contributed by atoms with Gasteiger partial charge in [0, 0.05) is 12.1 Å². The van der Waals surface area contributed by atoms with Crippen LogP contribution in [0.25, 0.3) is 6.08 Å². The minimum atomic E-state index is -0.838. The molecule has 18 heavy (non-hydrogen) atoms. The van der Waals surface area contributed by atoms with E-state index in [0.717, 1.165) is 0 Å². The van der Waals surface area contributed by atoms with Gasteiger partial charge in [-0.3, -0.25) is 0 Å². The van der Waals surface area contributed by atoms with Gasteiger partial charge >= 0.3 is 0 Å². The third-order valence-corrected chi connectivity index (χ3v) is 4.76. The molecule has 0 aliphatic heterocycles. The number of hydrogen-bond acceptors (Lipinski definition) is 1. The van der Waals surface area contributed by atoms with Crippen molar-refractivity contribution < 1.29 is 0 Å². The first kappa shape index (κ1) is 15.0. The number of rotatable bonds is 5. The lowest BCUT2D eigenvalue weighted by Gasteiger charge is -2.37. The fourth-order valence-electron chi connectivity index (χ4n) is 2.45. The van der Waals surface area contributed by atoms with Gasteiger partial charge in [0.1, 0.15) is 0 Å². The maximum absolute atomic E-state index is 2.57. The molecule has 1 aromatic rings. The number of benzene rings is 1. The van der Waals surface area contributed by atoms with E-state index in [-0.39, 0.29) is 0 Å². The molecule has 0 atom stereocenters. The van der Waals surface area contributed by atoms with Crippen LogP contribution in [0.3, 0.4) is 0 Å². The molecule has 0 bridgehead atoms. The molecule has 1 rings (SSSR count). The van der Waals surface area contributed by atoms with Crippen LogP contribution in [0, 0.1) is 0 Å². The van der Waals surface area contributed by atoms with Gasteiger partial charge in [-0.15, -0.1) is 0 Å². The molecule has 0 spiro atoms. The Balaban J connectivity index is 3.13. The first-order valence-corrected chi connectivity index (χ1v) is 9.87. The van der Waals surface area contributed by atoms with Gasteiger partial charge in [-0.25, -0.2) is 0 Å². The molecule has 0 unspecified atom stereocenters. The van der Waals surface area contributed by atoms with Crippen molar-refractivity contribution in [2.24, 2.45) is 0 Å². The van der Waals surface area contributed by atoms with Crippen molar-refractivity contribution in [3.63, 3.8) is 0 Å². The lowest BCUT2D eigenvalue weighted by atomic mass is 10.2. The van der Waals surface area contributed by atoms with Gasteiger partial charge in [-0.05, 0) is 44.7 Å². The third-order valence-electron chi connectivity index (χ3n) is 3.12. The fourth-order valence-corrected chi connectivity index (χ4v) is 4.17. The predicted molar refractivity (Wildman–Crippen MR) is 85.4 cm³/mol. The molecule has 0 heterocycles. The zero-order valence-electron chi connectivity index (χ0n) is 12.6. The van der Waals surface area contributed by atoms with Crippen LogP contribution in [-0.4, -0.2) is 25.8 Å². The summed E-state index contributed by atoms with van der Waals surface area (Å²) in [4.78, 5) is 2.57. The highest BCUT2D eigenvalue weighted by atomic mass is 28.3. The Labute approximate surface area is 114 Å². The van der Waals surface area contributed by atoms with E-state index in [4.69, 9.17) is 0 Å². The van der Waals surface area contributed by atoms with E-state index in [1.807, 2.05) is 0 Å². The second kappa shape index (κ2) is 6.79. The molecule has 0 amide bonds. The quantitative estimate of drug-likeness (QED) is 0.719. The van der Waals surface area contributed by atoms with Crippen molar-refractivity contribution in [3.05, 3.63) is 41.2 Å². The summed E-state index contributed by atoms with van der Waals surface area (Å²) in [6.07, 6.45) is 2.39. The molecule has 1 aromatic carbocycles. The highest BCUT2D eigenvalue weighted by Crippen LogP contribution is 2.20. The van der Waals surface area contributed by atoms with Gasteiger partial charge in [0.15, 0.2) is 0 Å². The summed E-state index contributed by atoms with van der Waals surface area (Å²) in [6, 6.07) is 11.8. The highest BCUT2D eigenvalue weighted by molar-refractivity contribution is 6.64. The second-order valence-electron chi connectivity index (χ2n) is 5.73. The SMILES string of the molecule is CC(C)N(C(=Cc1ccccc1)[SiH](C)C)C(C)C. The fraction of sp³-hybridized carbons (Fsp3) is 0.500. The van der Waals surface area contributed by atoms with Crippen LogP contribution in [0.2, 0.25) is 13.1 Å². The Morgan fingerprint density at radius 3 is 1.89 bits per heavy atom. The van der Waals surface area contributed by atoms with E-state index < -0.39 is 8.80 Å². The molecule has 0 saturated heterocycles. The van der Waals surface area contributed by atoms with Crippen LogP contribution in [0.5, 0.6) is 0 Å². The Kier molecular flexibility index (Phi) is 5.67. The largest absolute Gasteiger partial charge is 0.374 e. The highest BCUT2D eigenvalue weighted by Gasteiger charge is 2.19. The summed E-state index contributed by atoms with van der Waals surface area (Å²) >= 11 is 0. The summed E-state index contributed by atoms with van der Waals surface area (Å²) in [7, 11) is -0.838. The van der Waals surface area contributed by atoms with Gasteiger partial charge in [0.25, 0.3) is 0 Å². The van der Waals surface area contributed by atoms with E-state index in [1.54, 1.807) is 5.32 Å². The Morgan fingerprint density at radius 1 is 1.00 bits per heavy atom. The second-order valence-corrected chi connectivity index (χ2v) is 8.63. The van der Waals surface area contributed by atoms with Crippen molar-refractivity contribution >= 4 is 14.9 Å². The van der Waals surface area contributed by atoms with Gasteiger partial charge < -0.3 is 4.90 Å². The summed E-state index contributed by atoms with van der Waals surface area (Å²) in [5.74, 6) is 0. The Morgan fingerprint density at radius 2 is 1.50 bits per heavy atom. The van der Waals surface area contributed by atoms with Crippen molar-refractivity contribution in [3.8, 4) is 0 Å². The minimum absolute atomic E-state index is 0.565. The van der Waals surface area contributed by atoms with Gasteiger partial charge in [0.2, 0.25) is 0 Å². The smallest absolute Gasteiger partial charge is 0.0852 e. The topological polar surface area (TPSA) is 3.24 Å². The predicted octanol–water partition coefficient (Wildman–Crippen LogP) is 4.17. The molecule has 2 heteroatoms. The van der Waals surface area contributed by atoms with Crippen LogP contribution in [-0.2, 0) is 0 Å². The van der Waals surface area contributed by atoms with Gasteiger partial charge in [0.05, 0.1) is 8.80 Å². The normalized spacial score (nSPS) is 12.6. The van der Waals surface area contributed by atoms with Gasteiger partial charge in [-0.1, -0.05) is 43.4 Å². The van der Waals surface area contributed by atoms with E-state index in [2.05, 4.69) is 82.1 Å². The lowest BCUT2D eigenvalue weighted by molar-refractivity contribution is 0.247. The maximum atomic E-state index is 2.57. The van der Waals surface area contributed by atoms with Crippen LogP contribution in [0.4, 0.5) is 0 Å². The average Bonchev–Trinajstić information content (AvgIpc) is 2.28. The first-order valence-electron chi connectivity index (χ1n) is 6.98. The summed E-state index contributed by atoms with van der Waals surface area (Å²) in [5.41, 5.74) is 1.32. The van der Waals surface area contributed by atoms with Crippen molar-refractivity contribution in [2.75, 3.05) is 0 Å². The van der Waals surface area contributed by atoms with E-state index in [0.29, 0.717) is 12.1 Å². The van der Waals surface area contributed by atoms with E-state index >= 15 is 0 Å². The van der Waals surface area contributed by atoms with E-state index in [1.165, 1.54) is 5.56 Å². The van der Waals surface area contributed by atoms with Crippen LogP contribution < -0.4 is 0 Å². The maximum Gasteiger partial charge on any atom is 0.0852 e. The average molecular weight is 261 g/mol. The summed E-state index contributed by atoms with van der Waals surface area (Å²) < 4.78 is 0. The Hall–Kier alpha value is -1.02. The number of nitrogens with zero attached hydrogens (tertiary/aromatic N) is 1. The summed E-state index contributed by atoms with van der Waals surface area (Å²) in [6.45, 7) is 14.0. The molecule has 0 fully saturated rings. The molecule has 100 valence electrons. The van der Waals surface area contributed by atoms with Crippen LogP contribution in [0.15, 0.2) is 35.7 Å². The standard InChI is InChI=1S/C16H27NSi/c1-13(2)17(14(3)4)16(18(5)6)12-15-10-8-7-9-11-15/h7-14,18H,1-6H3. The zero-order valence-corrected chi connectivity index (χ0v) is 13.8. The molecular formula is C16H27NSi. The molecule has 0 aliphatic rings. The van der Waals surface area contributed by atoms with Crippen molar-refractivity contribution in [2.45, 2.75) is 52.9 Å². The van der Waals surface area contributed by atoms with Crippen molar-refractivity contribution in [1.29, 1.82) is 0 Å². The van der Waals surface area contributed by atoms with Crippen LogP contribution in [0.1, 0.15) is 33.3 Å². The van der Waals surface area contributed by atoms with Crippen molar-refractivity contribution in [1.82, 2.24) is 4.90 Å². The third kappa shape index (κ3) is 4.02. The first-order chi connectivity index (χ1) is 8.43. The van der Waals surface area contributed by atoms with Gasteiger partial charge in [-0.2, -0.15) is 0 Å². The molecule has 0 N–H and O–H groups in total. The molecular weight excluding hydrogens is 234 g/mol. The van der Waals surface area contributed by atoms with Crippen LogP contribution >= 0.6 is 0 Å². The zero-order chi connectivity index (χ0) is 13.7. The Bertz CT molecular complexity index is 371. The molecule has 0 aliphatic carbocycles. The molecule has 0 saturated carbocycles. The van der Waals surface area contributed by atoms with E-state index in [9.17, 15) is 0 Å². The minimum Gasteiger partial charge on any atom is -0.374 e. The number of hydrogen-bond donors (Lipinski definition) is 0. The summed E-state index contributed by atoms with van der Waals surface area (Å²) in [5, 5.41) is 1.56. The molecule has 0 aromatic heterocycles. The lowest BCUT2D eigenvalue weighted by Crippen LogP contribution is -2.40.